The van der Waals surface area contributed by atoms with Crippen molar-refractivity contribution in [1.29, 1.82) is 0 Å². The Kier molecular flexibility index (Phi) is 30.1. The minimum atomic E-state index is -0.417. The fourth-order valence-corrected chi connectivity index (χ4v) is 3.72. The topological polar surface area (TPSA) is 46.1 Å². The summed E-state index contributed by atoms with van der Waals surface area (Å²) < 4.78 is 0. The van der Waals surface area contributed by atoms with Crippen molar-refractivity contribution in [3.63, 3.8) is 0 Å². The summed E-state index contributed by atoms with van der Waals surface area (Å²) in [6, 6.07) is 0. The van der Waals surface area contributed by atoms with E-state index in [0.717, 1.165) is 11.1 Å². The Hall–Kier alpha value is 1.49. The van der Waals surface area contributed by atoms with Crippen molar-refractivity contribution in [3.8, 4) is 0 Å². The first-order valence-electron chi connectivity index (χ1n) is 8.79. The second kappa shape index (κ2) is 21.5. The summed E-state index contributed by atoms with van der Waals surface area (Å²) in [4.78, 5) is 0. The molecular weight excluding hydrogens is 358 g/mol. The molecule has 23 heavy (non-hydrogen) atoms. The third kappa shape index (κ3) is 23.5. The largest absolute Gasteiger partial charge is 2.00 e. The van der Waals surface area contributed by atoms with Gasteiger partial charge < -0.3 is 10.2 Å². The third-order valence-electron chi connectivity index (χ3n) is 3.85. The van der Waals surface area contributed by atoms with E-state index in [0.29, 0.717) is 0 Å². The average Bonchev–Trinajstić information content (AvgIpc) is 2.48. The van der Waals surface area contributed by atoms with Crippen LogP contribution in [0.2, 0.25) is 0 Å². The van der Waals surface area contributed by atoms with Crippen LogP contribution in [-0.4, -0.2) is 31.2 Å². The van der Waals surface area contributed by atoms with Crippen LogP contribution in [0.3, 0.4) is 0 Å². The van der Waals surface area contributed by atoms with Gasteiger partial charge in [-0.1, -0.05) is 67.5 Å². The van der Waals surface area contributed by atoms with Gasteiger partial charge in [0.25, 0.3) is 0 Å². The molecule has 0 amide bonds. The zero-order valence-corrected chi connectivity index (χ0v) is 20.6. The van der Waals surface area contributed by atoms with Crippen molar-refractivity contribution in [2.24, 2.45) is 5.41 Å². The second-order valence-corrected chi connectivity index (χ2v) is 7.78. The van der Waals surface area contributed by atoms with Gasteiger partial charge in [-0.3, -0.25) is 0 Å². The summed E-state index contributed by atoms with van der Waals surface area (Å²) in [5, 5.41) is 19.1. The van der Waals surface area contributed by atoms with Gasteiger partial charge in [-0.25, -0.2) is 0 Å². The molecule has 0 aromatic heterocycles. The smallest absolute Gasteiger partial charge is 0.852 e. The fraction of sp³-hybridized carbons (Fsp3) is 1.00. The standard InChI is InChI=1S/C11H23P.2C3H7O.CH5P.Ti/c1-4-11(5-2)8-6-7-10(9-11)12-3;2*1-3(2)4;1-2;/h10,12H,4-9H2,1-3H3;2*3H,1-2H3;2H2,1H3;/q;2*-1;;+2. The van der Waals surface area contributed by atoms with E-state index < -0.39 is 12.2 Å². The van der Waals surface area contributed by atoms with Crippen molar-refractivity contribution >= 4 is 17.8 Å². The summed E-state index contributed by atoms with van der Waals surface area (Å²) >= 11 is 0. The molecule has 0 aliphatic heterocycles. The first-order valence-corrected chi connectivity index (χ1v) is 11.5. The van der Waals surface area contributed by atoms with Crippen LogP contribution in [0, 0.1) is 5.41 Å². The van der Waals surface area contributed by atoms with Crippen LogP contribution >= 0.6 is 17.8 Å². The predicted molar refractivity (Wildman–Crippen MR) is 105 cm³/mol. The van der Waals surface area contributed by atoms with Gasteiger partial charge in [0.15, 0.2) is 0 Å². The van der Waals surface area contributed by atoms with Gasteiger partial charge in [0.05, 0.1) is 0 Å². The maximum absolute atomic E-state index is 9.53. The van der Waals surface area contributed by atoms with E-state index in [1.165, 1.54) is 47.1 Å². The Balaban J connectivity index is -0.000000138. The normalized spacial score (nSPS) is 18.9. The van der Waals surface area contributed by atoms with Crippen molar-refractivity contribution in [2.75, 3.05) is 13.3 Å². The van der Waals surface area contributed by atoms with E-state index in [4.69, 9.17) is 0 Å². The number of rotatable bonds is 3. The van der Waals surface area contributed by atoms with E-state index in [-0.39, 0.29) is 21.7 Å². The molecule has 1 aliphatic rings. The van der Waals surface area contributed by atoms with Gasteiger partial charge in [-0.15, -0.1) is 30.0 Å². The first-order chi connectivity index (χ1) is 10.2. The van der Waals surface area contributed by atoms with E-state index >= 15 is 0 Å². The first kappa shape index (κ1) is 32.2. The zero-order chi connectivity index (χ0) is 18.2. The van der Waals surface area contributed by atoms with Crippen LogP contribution in [0.25, 0.3) is 0 Å². The van der Waals surface area contributed by atoms with Gasteiger partial charge in [0.1, 0.15) is 0 Å². The van der Waals surface area contributed by atoms with E-state index in [1.807, 2.05) is 6.66 Å². The van der Waals surface area contributed by atoms with Gasteiger partial charge in [-0.2, -0.15) is 0 Å². The molecule has 1 rings (SSSR count). The molecule has 1 fully saturated rings. The van der Waals surface area contributed by atoms with Gasteiger partial charge in [-0.05, 0) is 37.0 Å². The Morgan fingerprint density at radius 2 is 1.39 bits per heavy atom. The minimum Gasteiger partial charge on any atom is -0.852 e. The van der Waals surface area contributed by atoms with Crippen LogP contribution in [0.15, 0.2) is 0 Å². The third-order valence-corrected chi connectivity index (χ3v) is 5.16. The quantitative estimate of drug-likeness (QED) is 0.530. The van der Waals surface area contributed by atoms with Crippen molar-refractivity contribution < 1.29 is 31.9 Å². The Morgan fingerprint density at radius 3 is 1.65 bits per heavy atom. The molecule has 0 aromatic rings. The molecule has 1 aliphatic carbocycles. The molecule has 0 N–H and O–H groups in total. The molecule has 5 heteroatoms. The molecule has 140 valence electrons. The summed E-state index contributed by atoms with van der Waals surface area (Å²) in [5.74, 6) is 0. The van der Waals surface area contributed by atoms with E-state index in [9.17, 15) is 10.2 Å². The van der Waals surface area contributed by atoms with Crippen LogP contribution in [-0.2, 0) is 21.7 Å². The molecular formula is C18H42O2P2Ti. The Labute approximate surface area is 166 Å². The maximum Gasteiger partial charge on any atom is 2.00 e. The summed E-state index contributed by atoms with van der Waals surface area (Å²) in [5.41, 5.74) is 1.81. The fourth-order valence-electron chi connectivity index (χ4n) is 2.59. The Bertz CT molecular complexity index is 200. The monoisotopic (exact) mass is 400 g/mol. The molecule has 0 saturated heterocycles. The zero-order valence-electron chi connectivity index (χ0n) is 16.9. The molecule has 1 saturated carbocycles. The molecule has 0 radical (unpaired) electrons. The maximum atomic E-state index is 9.53. The minimum absolute atomic E-state index is 0. The molecule has 3 unspecified atom stereocenters. The van der Waals surface area contributed by atoms with Crippen LogP contribution in [0.1, 0.15) is 80.1 Å². The molecule has 3 atom stereocenters. The van der Waals surface area contributed by atoms with Crippen molar-refractivity contribution in [3.05, 3.63) is 0 Å². The SMILES string of the molecule is CC(C)[O-].CC(C)[O-].CCC1(CC)CCCC(PC)C1.CP.[Ti+2]. The summed E-state index contributed by atoms with van der Waals surface area (Å²) in [7, 11) is 3.60. The number of hydrogen-bond acceptors (Lipinski definition) is 2. The molecule has 2 nitrogen and oxygen atoms in total. The van der Waals surface area contributed by atoms with Crippen LogP contribution in [0.4, 0.5) is 0 Å². The van der Waals surface area contributed by atoms with Crippen LogP contribution in [0.5, 0.6) is 0 Å². The van der Waals surface area contributed by atoms with E-state index in [2.05, 4.69) is 29.8 Å². The summed E-state index contributed by atoms with van der Waals surface area (Å²) in [6.45, 7) is 15.5. The molecule has 0 spiro atoms. The van der Waals surface area contributed by atoms with Gasteiger partial charge >= 0.3 is 21.7 Å². The number of hydrogen-bond donors (Lipinski definition) is 0. The Morgan fingerprint density at radius 1 is 1.04 bits per heavy atom. The van der Waals surface area contributed by atoms with E-state index in [1.54, 1.807) is 27.7 Å². The van der Waals surface area contributed by atoms with Gasteiger partial charge in [0.2, 0.25) is 0 Å². The van der Waals surface area contributed by atoms with Crippen molar-refractivity contribution in [2.45, 2.75) is 97.9 Å². The second-order valence-electron chi connectivity index (χ2n) is 6.39. The van der Waals surface area contributed by atoms with Gasteiger partial charge in [0, 0.05) is 0 Å². The van der Waals surface area contributed by atoms with Crippen molar-refractivity contribution in [1.82, 2.24) is 0 Å². The molecule has 0 aromatic carbocycles. The average molecular weight is 400 g/mol. The molecule has 0 bridgehead atoms. The summed E-state index contributed by atoms with van der Waals surface area (Å²) in [6.07, 6.45) is 8.01. The molecule has 0 heterocycles. The predicted octanol–water partition coefficient (Wildman–Crippen LogP) is 4.04. The van der Waals surface area contributed by atoms with Crippen LogP contribution < -0.4 is 10.2 Å².